The highest BCUT2D eigenvalue weighted by Gasteiger charge is 2.07. The highest BCUT2D eigenvalue weighted by atomic mass is 35.5. The van der Waals surface area contributed by atoms with Crippen molar-refractivity contribution in [2.24, 2.45) is 5.10 Å². The molecule has 0 radical (unpaired) electrons. The summed E-state index contributed by atoms with van der Waals surface area (Å²) < 4.78 is 11.5. The number of rotatable bonds is 8. The average molecular weight is 480 g/mol. The lowest BCUT2D eigenvalue weighted by Crippen LogP contribution is -2.24. The molecule has 4 aromatic rings. The molecule has 1 aromatic heterocycles. The first-order chi connectivity index (χ1) is 16.1. The Morgan fingerprint density at radius 1 is 0.970 bits per heavy atom. The van der Waals surface area contributed by atoms with Gasteiger partial charge in [-0.1, -0.05) is 59.6 Å². The standard InChI is InChI=1S/C25H19Cl2N3O3/c26-20-11-10-19(21(27)13-20)15-32-22-8-2-1-5-18(22)14-29-30-24(31)16-33-23-9-3-6-17-7-4-12-28-25(17)23/h1-14H,15-16H2,(H,30,31)/b29-14+. The molecule has 0 atom stereocenters. The van der Waals surface area contributed by atoms with E-state index in [9.17, 15) is 4.79 Å². The van der Waals surface area contributed by atoms with Crippen molar-refractivity contribution < 1.29 is 14.3 Å². The molecule has 0 spiro atoms. The van der Waals surface area contributed by atoms with Crippen LogP contribution in [0.3, 0.4) is 0 Å². The first-order valence-electron chi connectivity index (χ1n) is 10.0. The molecular weight excluding hydrogens is 461 g/mol. The van der Waals surface area contributed by atoms with E-state index in [1.807, 2.05) is 54.6 Å². The lowest BCUT2D eigenvalue weighted by molar-refractivity contribution is -0.123. The van der Waals surface area contributed by atoms with Gasteiger partial charge in [0.2, 0.25) is 0 Å². The van der Waals surface area contributed by atoms with Crippen LogP contribution in [0.5, 0.6) is 11.5 Å². The van der Waals surface area contributed by atoms with Gasteiger partial charge in [-0.05, 0) is 36.4 Å². The van der Waals surface area contributed by atoms with Gasteiger partial charge < -0.3 is 9.47 Å². The molecule has 166 valence electrons. The molecular formula is C25H19Cl2N3O3. The average Bonchev–Trinajstić information content (AvgIpc) is 2.83. The fourth-order valence-corrected chi connectivity index (χ4v) is 3.52. The van der Waals surface area contributed by atoms with Crippen molar-refractivity contribution in [3.05, 3.63) is 100 Å². The van der Waals surface area contributed by atoms with Gasteiger partial charge in [-0.25, -0.2) is 5.43 Å². The molecule has 0 aliphatic rings. The Morgan fingerprint density at radius 2 is 1.79 bits per heavy atom. The molecule has 33 heavy (non-hydrogen) atoms. The van der Waals surface area contributed by atoms with Gasteiger partial charge in [0.05, 0.1) is 6.21 Å². The van der Waals surface area contributed by atoms with Crippen LogP contribution >= 0.6 is 23.2 Å². The van der Waals surface area contributed by atoms with Crippen LogP contribution in [0.2, 0.25) is 10.0 Å². The minimum absolute atomic E-state index is 0.194. The molecule has 0 fully saturated rings. The molecule has 0 saturated heterocycles. The first kappa shape index (κ1) is 22.6. The number of hydrogen-bond donors (Lipinski definition) is 1. The van der Waals surface area contributed by atoms with Gasteiger partial charge in [-0.2, -0.15) is 5.10 Å². The van der Waals surface area contributed by atoms with Crippen molar-refractivity contribution in [3.8, 4) is 11.5 Å². The summed E-state index contributed by atoms with van der Waals surface area (Å²) in [4.78, 5) is 16.5. The van der Waals surface area contributed by atoms with Crippen LogP contribution in [0.25, 0.3) is 10.9 Å². The highest BCUT2D eigenvalue weighted by Crippen LogP contribution is 2.24. The number of carbonyl (C=O) groups excluding carboxylic acids is 1. The summed E-state index contributed by atoms with van der Waals surface area (Å²) in [6.07, 6.45) is 3.19. The number of para-hydroxylation sites is 2. The summed E-state index contributed by atoms with van der Waals surface area (Å²) in [6, 6.07) is 21.9. The molecule has 6 nitrogen and oxygen atoms in total. The predicted octanol–water partition coefficient (Wildman–Crippen LogP) is 5.65. The SMILES string of the molecule is O=C(COc1cccc2cccnc12)N/N=C/c1ccccc1OCc1ccc(Cl)cc1Cl. The number of hydrazone groups is 1. The molecule has 0 unspecified atom stereocenters. The molecule has 0 aliphatic heterocycles. The Balaban J connectivity index is 1.34. The van der Waals surface area contributed by atoms with Gasteiger partial charge in [0.25, 0.3) is 5.91 Å². The summed E-state index contributed by atoms with van der Waals surface area (Å²) in [7, 11) is 0. The molecule has 0 bridgehead atoms. The predicted molar refractivity (Wildman–Crippen MR) is 130 cm³/mol. The molecule has 3 aromatic carbocycles. The van der Waals surface area contributed by atoms with Crippen LogP contribution < -0.4 is 14.9 Å². The van der Waals surface area contributed by atoms with E-state index < -0.39 is 5.91 Å². The normalized spacial score (nSPS) is 11.0. The number of ether oxygens (including phenoxy) is 2. The van der Waals surface area contributed by atoms with Crippen molar-refractivity contribution in [3.63, 3.8) is 0 Å². The molecule has 4 rings (SSSR count). The number of pyridine rings is 1. The zero-order valence-electron chi connectivity index (χ0n) is 17.4. The van der Waals surface area contributed by atoms with Crippen LogP contribution in [0.15, 0.2) is 84.1 Å². The molecule has 1 N–H and O–H groups in total. The zero-order chi connectivity index (χ0) is 23.0. The first-order valence-corrected chi connectivity index (χ1v) is 10.8. The van der Waals surface area contributed by atoms with Crippen molar-refractivity contribution in [1.82, 2.24) is 10.4 Å². The maximum Gasteiger partial charge on any atom is 0.277 e. The fraction of sp³-hybridized carbons (Fsp3) is 0.0800. The van der Waals surface area contributed by atoms with E-state index in [0.29, 0.717) is 32.6 Å². The summed E-state index contributed by atoms with van der Waals surface area (Å²) >= 11 is 12.1. The quantitative estimate of drug-likeness (QED) is 0.261. The van der Waals surface area contributed by atoms with Crippen molar-refractivity contribution in [2.45, 2.75) is 6.61 Å². The van der Waals surface area contributed by atoms with Crippen molar-refractivity contribution >= 4 is 46.2 Å². The van der Waals surface area contributed by atoms with Crippen molar-refractivity contribution in [1.29, 1.82) is 0 Å². The lowest BCUT2D eigenvalue weighted by atomic mass is 10.2. The van der Waals surface area contributed by atoms with Gasteiger partial charge in [-0.15, -0.1) is 0 Å². The number of benzene rings is 3. The molecule has 0 saturated carbocycles. The lowest BCUT2D eigenvalue weighted by Gasteiger charge is -2.10. The Bertz CT molecular complexity index is 1310. The summed E-state index contributed by atoms with van der Waals surface area (Å²) in [5.74, 6) is 0.733. The Morgan fingerprint density at radius 3 is 2.67 bits per heavy atom. The van der Waals surface area contributed by atoms with E-state index in [1.54, 1.807) is 24.4 Å². The summed E-state index contributed by atoms with van der Waals surface area (Å²) in [6.45, 7) is 0.0698. The Labute approximate surface area is 200 Å². The van der Waals surface area contributed by atoms with Crippen LogP contribution in [0, 0.1) is 0 Å². The van der Waals surface area contributed by atoms with Gasteiger partial charge in [0.1, 0.15) is 23.6 Å². The van der Waals surface area contributed by atoms with E-state index in [-0.39, 0.29) is 13.2 Å². The number of nitrogens with one attached hydrogen (secondary N) is 1. The van der Waals surface area contributed by atoms with E-state index in [4.69, 9.17) is 32.7 Å². The van der Waals surface area contributed by atoms with Gasteiger partial charge in [-0.3, -0.25) is 9.78 Å². The van der Waals surface area contributed by atoms with Gasteiger partial charge >= 0.3 is 0 Å². The second-order valence-corrected chi connectivity index (χ2v) is 7.82. The van der Waals surface area contributed by atoms with Crippen LogP contribution in [0.1, 0.15) is 11.1 Å². The molecule has 8 heteroatoms. The number of aromatic nitrogens is 1. The van der Waals surface area contributed by atoms with Gasteiger partial charge in [0, 0.05) is 32.8 Å². The van der Waals surface area contributed by atoms with E-state index in [0.717, 1.165) is 10.9 Å². The van der Waals surface area contributed by atoms with E-state index >= 15 is 0 Å². The number of hydrogen-bond acceptors (Lipinski definition) is 5. The zero-order valence-corrected chi connectivity index (χ0v) is 18.9. The Kier molecular flexibility index (Phi) is 7.40. The minimum Gasteiger partial charge on any atom is -0.488 e. The topological polar surface area (TPSA) is 72.8 Å². The molecule has 1 heterocycles. The number of halogens is 2. The summed E-state index contributed by atoms with van der Waals surface area (Å²) in [5.41, 5.74) is 4.66. The minimum atomic E-state index is -0.398. The smallest absolute Gasteiger partial charge is 0.277 e. The largest absolute Gasteiger partial charge is 0.488 e. The van der Waals surface area contributed by atoms with Crippen LogP contribution in [-0.2, 0) is 11.4 Å². The fourth-order valence-electron chi connectivity index (χ4n) is 3.05. The van der Waals surface area contributed by atoms with Crippen LogP contribution in [0.4, 0.5) is 0 Å². The monoisotopic (exact) mass is 479 g/mol. The highest BCUT2D eigenvalue weighted by molar-refractivity contribution is 6.35. The maximum atomic E-state index is 12.2. The van der Waals surface area contributed by atoms with Crippen LogP contribution in [-0.4, -0.2) is 23.7 Å². The second-order valence-electron chi connectivity index (χ2n) is 6.98. The van der Waals surface area contributed by atoms with E-state index in [1.165, 1.54) is 6.21 Å². The number of carbonyl (C=O) groups is 1. The third-order valence-corrected chi connectivity index (χ3v) is 5.25. The number of fused-ring (bicyclic) bond motifs is 1. The third kappa shape index (κ3) is 6.00. The number of nitrogens with zero attached hydrogens (tertiary/aromatic N) is 2. The number of amides is 1. The van der Waals surface area contributed by atoms with Crippen molar-refractivity contribution in [2.75, 3.05) is 6.61 Å². The molecule has 0 aliphatic carbocycles. The van der Waals surface area contributed by atoms with E-state index in [2.05, 4.69) is 15.5 Å². The Hall–Kier alpha value is -3.61. The third-order valence-electron chi connectivity index (χ3n) is 4.66. The van der Waals surface area contributed by atoms with Gasteiger partial charge in [0.15, 0.2) is 6.61 Å². The maximum absolute atomic E-state index is 12.2. The second kappa shape index (κ2) is 10.8. The molecule has 1 amide bonds. The summed E-state index contributed by atoms with van der Waals surface area (Å²) in [5, 5.41) is 6.04.